The second kappa shape index (κ2) is 7.47. The number of aromatic nitrogens is 2. The van der Waals surface area contributed by atoms with Gasteiger partial charge in [-0.25, -0.2) is 0 Å². The molecular formula is C12H23ClN4O2. The predicted molar refractivity (Wildman–Crippen MR) is 77.4 cm³/mol. The maximum absolute atomic E-state index is 11.9. The Morgan fingerprint density at radius 3 is 2.74 bits per heavy atom. The number of anilines is 1. The first-order chi connectivity index (χ1) is 8.34. The fourth-order valence-corrected chi connectivity index (χ4v) is 1.33. The third-order valence-electron chi connectivity index (χ3n) is 2.63. The molecule has 1 amide bonds. The third kappa shape index (κ3) is 5.59. The predicted octanol–water partition coefficient (Wildman–Crippen LogP) is 1.26. The molecule has 0 saturated heterocycles. The van der Waals surface area contributed by atoms with Gasteiger partial charge in [-0.05, 0) is 5.41 Å². The van der Waals surface area contributed by atoms with Crippen LogP contribution in [-0.4, -0.2) is 35.4 Å². The van der Waals surface area contributed by atoms with Crippen molar-refractivity contribution in [1.82, 2.24) is 9.78 Å². The number of methoxy groups -OCH3 is 1. The van der Waals surface area contributed by atoms with Crippen molar-refractivity contribution in [3.8, 4) is 0 Å². The van der Waals surface area contributed by atoms with E-state index < -0.39 is 6.04 Å². The van der Waals surface area contributed by atoms with E-state index in [4.69, 9.17) is 10.5 Å². The SMILES string of the molecule is COCCn1ccc(NC(=O)[C@@H](N)C(C)(C)C)n1.Cl. The molecule has 1 atom stereocenters. The van der Waals surface area contributed by atoms with Gasteiger partial charge >= 0.3 is 0 Å². The van der Waals surface area contributed by atoms with Crippen molar-refractivity contribution in [3.63, 3.8) is 0 Å². The maximum Gasteiger partial charge on any atom is 0.243 e. The van der Waals surface area contributed by atoms with E-state index in [-0.39, 0.29) is 23.7 Å². The Bertz CT molecular complexity index is 401. The summed E-state index contributed by atoms with van der Waals surface area (Å²) in [7, 11) is 1.63. The Balaban J connectivity index is 0.00000324. The number of rotatable bonds is 5. The molecule has 110 valence electrons. The highest BCUT2D eigenvalue weighted by Crippen LogP contribution is 2.18. The molecule has 0 bridgehead atoms. The molecule has 0 radical (unpaired) electrons. The smallest absolute Gasteiger partial charge is 0.243 e. The second-order valence-electron chi connectivity index (χ2n) is 5.29. The first-order valence-corrected chi connectivity index (χ1v) is 5.93. The summed E-state index contributed by atoms with van der Waals surface area (Å²) >= 11 is 0. The van der Waals surface area contributed by atoms with Crippen molar-refractivity contribution in [3.05, 3.63) is 12.3 Å². The van der Waals surface area contributed by atoms with Crippen LogP contribution < -0.4 is 11.1 Å². The zero-order valence-corrected chi connectivity index (χ0v) is 12.7. The molecule has 0 fully saturated rings. The average Bonchev–Trinajstić information content (AvgIpc) is 2.71. The van der Waals surface area contributed by atoms with Crippen molar-refractivity contribution < 1.29 is 9.53 Å². The molecule has 0 saturated carbocycles. The molecule has 0 spiro atoms. The third-order valence-corrected chi connectivity index (χ3v) is 2.63. The fraction of sp³-hybridized carbons (Fsp3) is 0.667. The van der Waals surface area contributed by atoms with Crippen LogP contribution in [0.1, 0.15) is 20.8 Å². The van der Waals surface area contributed by atoms with Crippen molar-refractivity contribution in [2.24, 2.45) is 11.1 Å². The Hall–Kier alpha value is -1.11. The summed E-state index contributed by atoms with van der Waals surface area (Å²) < 4.78 is 6.66. The minimum atomic E-state index is -0.568. The van der Waals surface area contributed by atoms with Gasteiger partial charge in [0.15, 0.2) is 5.82 Å². The number of halogens is 1. The minimum absolute atomic E-state index is 0. The Kier molecular flexibility index (Phi) is 7.04. The highest BCUT2D eigenvalue weighted by molar-refractivity contribution is 5.94. The number of nitrogens with zero attached hydrogens (tertiary/aromatic N) is 2. The van der Waals surface area contributed by atoms with Crippen molar-refractivity contribution in [1.29, 1.82) is 0 Å². The zero-order chi connectivity index (χ0) is 13.8. The number of carbonyl (C=O) groups is 1. The molecule has 0 aliphatic carbocycles. The van der Waals surface area contributed by atoms with E-state index in [1.807, 2.05) is 20.8 Å². The van der Waals surface area contributed by atoms with Crippen LogP contribution in [0.2, 0.25) is 0 Å². The molecule has 6 nitrogen and oxygen atoms in total. The average molecular weight is 291 g/mol. The van der Waals surface area contributed by atoms with Crippen LogP contribution in [0.15, 0.2) is 12.3 Å². The van der Waals surface area contributed by atoms with Crippen LogP contribution in [0, 0.1) is 5.41 Å². The van der Waals surface area contributed by atoms with Crippen LogP contribution in [0.3, 0.4) is 0 Å². The molecule has 3 N–H and O–H groups in total. The number of hydrogen-bond acceptors (Lipinski definition) is 4. The highest BCUT2D eigenvalue weighted by Gasteiger charge is 2.27. The molecule has 19 heavy (non-hydrogen) atoms. The Labute approximate surface area is 120 Å². The molecule has 1 heterocycles. The van der Waals surface area contributed by atoms with Crippen molar-refractivity contribution in [2.45, 2.75) is 33.4 Å². The summed E-state index contributed by atoms with van der Waals surface area (Å²) in [5.41, 5.74) is 5.59. The molecule has 0 aliphatic rings. The maximum atomic E-state index is 11.9. The lowest BCUT2D eigenvalue weighted by Gasteiger charge is -2.25. The number of carbonyl (C=O) groups excluding carboxylic acids is 1. The second-order valence-corrected chi connectivity index (χ2v) is 5.29. The fourth-order valence-electron chi connectivity index (χ4n) is 1.33. The first kappa shape index (κ1) is 17.9. The molecule has 0 unspecified atom stereocenters. The van der Waals surface area contributed by atoms with E-state index >= 15 is 0 Å². The van der Waals surface area contributed by atoms with Gasteiger partial charge in [-0.3, -0.25) is 9.48 Å². The van der Waals surface area contributed by atoms with E-state index in [9.17, 15) is 4.79 Å². The molecule has 1 aromatic rings. The summed E-state index contributed by atoms with van der Waals surface area (Å²) in [4.78, 5) is 11.9. The molecular weight excluding hydrogens is 268 g/mol. The number of hydrogen-bond donors (Lipinski definition) is 2. The lowest BCUT2D eigenvalue weighted by atomic mass is 9.87. The van der Waals surface area contributed by atoms with Gasteiger partial charge in [-0.1, -0.05) is 20.8 Å². The van der Waals surface area contributed by atoms with Gasteiger partial charge in [-0.2, -0.15) is 5.10 Å². The number of amides is 1. The monoisotopic (exact) mass is 290 g/mol. The van der Waals surface area contributed by atoms with E-state index in [1.54, 1.807) is 24.1 Å². The molecule has 1 aromatic heterocycles. The first-order valence-electron chi connectivity index (χ1n) is 5.93. The van der Waals surface area contributed by atoms with Gasteiger partial charge in [0.1, 0.15) is 0 Å². The zero-order valence-electron chi connectivity index (χ0n) is 11.8. The van der Waals surface area contributed by atoms with Gasteiger partial charge in [0.2, 0.25) is 5.91 Å². The van der Waals surface area contributed by atoms with E-state index in [1.165, 1.54) is 0 Å². The van der Waals surface area contributed by atoms with E-state index in [0.29, 0.717) is 19.0 Å². The Morgan fingerprint density at radius 2 is 2.21 bits per heavy atom. The molecule has 0 aliphatic heterocycles. The van der Waals surface area contributed by atoms with Crippen LogP contribution in [0.5, 0.6) is 0 Å². The van der Waals surface area contributed by atoms with E-state index in [2.05, 4.69) is 10.4 Å². The van der Waals surface area contributed by atoms with Gasteiger partial charge in [-0.15, -0.1) is 12.4 Å². The van der Waals surface area contributed by atoms with E-state index in [0.717, 1.165) is 0 Å². The van der Waals surface area contributed by atoms with Gasteiger partial charge < -0.3 is 15.8 Å². The van der Waals surface area contributed by atoms with Crippen LogP contribution >= 0.6 is 12.4 Å². The standard InChI is InChI=1S/C12H22N4O2.ClH/c1-12(2,3)10(13)11(17)14-9-5-6-16(15-9)7-8-18-4;/h5-6,10H,7-8,13H2,1-4H3,(H,14,15,17);1H/t10-;/m1./s1. The topological polar surface area (TPSA) is 82.2 Å². The van der Waals surface area contributed by atoms with Crippen LogP contribution in [0.4, 0.5) is 5.82 Å². The van der Waals surface area contributed by atoms with Gasteiger partial charge in [0.25, 0.3) is 0 Å². The molecule has 7 heteroatoms. The summed E-state index contributed by atoms with van der Waals surface area (Å²) in [6, 6.07) is 1.17. The summed E-state index contributed by atoms with van der Waals surface area (Å²) in [6.07, 6.45) is 1.79. The molecule has 0 aromatic carbocycles. The highest BCUT2D eigenvalue weighted by atomic mass is 35.5. The van der Waals surface area contributed by atoms with Gasteiger partial charge in [0, 0.05) is 19.4 Å². The summed E-state index contributed by atoms with van der Waals surface area (Å²) in [6.45, 7) is 7.01. The number of nitrogens with one attached hydrogen (secondary N) is 1. The van der Waals surface area contributed by atoms with Crippen LogP contribution in [-0.2, 0) is 16.1 Å². The quantitative estimate of drug-likeness (QED) is 0.855. The number of ether oxygens (including phenoxy) is 1. The summed E-state index contributed by atoms with van der Waals surface area (Å²) in [5.74, 6) is 0.287. The largest absolute Gasteiger partial charge is 0.383 e. The Morgan fingerprint density at radius 1 is 1.58 bits per heavy atom. The normalized spacial score (nSPS) is 12.7. The van der Waals surface area contributed by atoms with Crippen molar-refractivity contribution in [2.75, 3.05) is 19.0 Å². The lowest BCUT2D eigenvalue weighted by molar-refractivity contribution is -0.119. The minimum Gasteiger partial charge on any atom is -0.383 e. The number of nitrogens with two attached hydrogens (primary N) is 1. The summed E-state index contributed by atoms with van der Waals surface area (Å²) in [5, 5.41) is 6.91. The molecule has 1 rings (SSSR count). The van der Waals surface area contributed by atoms with Crippen LogP contribution in [0.25, 0.3) is 0 Å². The van der Waals surface area contributed by atoms with Gasteiger partial charge in [0.05, 0.1) is 19.2 Å². The van der Waals surface area contributed by atoms with Crippen molar-refractivity contribution >= 4 is 24.1 Å². The lowest BCUT2D eigenvalue weighted by Crippen LogP contribution is -2.45.